The van der Waals surface area contributed by atoms with Crippen LogP contribution in [0.25, 0.3) is 0 Å². The average molecular weight is 1090 g/mol. The molecule has 18 rings (SSSR count). The molecule has 0 aromatic heterocycles. The van der Waals surface area contributed by atoms with E-state index in [1.54, 1.807) is 0 Å². The number of fused-ring (bicyclic) bond motifs is 24. The number of allylic oxidation sites excluding steroid dienone is 16. The number of epoxide rings is 4. The van der Waals surface area contributed by atoms with E-state index < -0.39 is 0 Å². The zero-order valence-corrected chi connectivity index (χ0v) is 49.9. The monoisotopic (exact) mass is 1090 g/mol. The van der Waals surface area contributed by atoms with Gasteiger partial charge >= 0.3 is 0 Å². The molecule has 80 heavy (non-hydrogen) atoms. The molecule has 0 N–H and O–H groups in total. The fourth-order valence-electron chi connectivity index (χ4n) is 20.4. The van der Waals surface area contributed by atoms with Gasteiger partial charge in [-0.3, -0.25) is 0 Å². The van der Waals surface area contributed by atoms with Gasteiger partial charge in [0.15, 0.2) is 0 Å². The summed E-state index contributed by atoms with van der Waals surface area (Å²) in [5.41, 5.74) is 0. The molecule has 10 saturated carbocycles. The van der Waals surface area contributed by atoms with Crippen LogP contribution in [0.5, 0.6) is 0 Å². The van der Waals surface area contributed by atoms with Gasteiger partial charge < -0.3 is 18.9 Å². The zero-order chi connectivity index (χ0) is 54.4. The summed E-state index contributed by atoms with van der Waals surface area (Å²) in [5.74, 6) is 17.7. The standard InChI is InChI=1S/C18H26O2.C18H26O.C12H18O.C12H18.C6H10.2C5H6/c1(3-9-5-11-7-13(9)17-15(11)19-17)2-4-10-6-12-8-14(10)18-16(12)20-18;1(3-12-7-11-5-6-13(12)8-11)2-4-14-9-15-10-16(14)18-17(15)19-18;1-2-3-4-5-8-6-9-7-10(8)12-11(9)13-12;1-2-3-4-5-11-8-10-6-7-12(11)9-10;1-3-5-6-4-2;2*1-2-4-5-3-1/h9-18H,1-8H2;5-6,11-18H,1-4,7-10H2;2,8-12H,1,3-7H2;2,6-7,10-12H,1,3-5,8-9H2;3-4H,1-2,5-6H2;2*1-4H,5H2. The quantitative estimate of drug-likeness (QED) is 0.0653. The van der Waals surface area contributed by atoms with Crippen molar-refractivity contribution in [3.05, 3.63) is 124 Å². The summed E-state index contributed by atoms with van der Waals surface area (Å²) in [6, 6.07) is 0. The van der Waals surface area contributed by atoms with Gasteiger partial charge in [-0.05, 0) is 254 Å². The maximum Gasteiger partial charge on any atom is 0.0875 e. The van der Waals surface area contributed by atoms with Crippen molar-refractivity contribution in [3.63, 3.8) is 0 Å². The molecule has 26 atom stereocenters. The van der Waals surface area contributed by atoms with E-state index in [0.717, 1.165) is 157 Å². The van der Waals surface area contributed by atoms with Gasteiger partial charge in [0, 0.05) is 0 Å². The lowest BCUT2D eigenvalue weighted by Gasteiger charge is -2.21. The van der Waals surface area contributed by atoms with E-state index in [0.29, 0.717) is 24.4 Å². The molecule has 4 aliphatic heterocycles. The molecule has 0 aromatic rings. The highest BCUT2D eigenvalue weighted by molar-refractivity contribution is 5.16. The van der Waals surface area contributed by atoms with Gasteiger partial charge in [-0.2, -0.15) is 0 Å². The summed E-state index contributed by atoms with van der Waals surface area (Å²) in [7, 11) is 0. The average Bonchev–Trinajstić information content (AvgIpc) is 4.28. The van der Waals surface area contributed by atoms with Crippen molar-refractivity contribution < 1.29 is 18.9 Å². The van der Waals surface area contributed by atoms with Crippen molar-refractivity contribution in [1.29, 1.82) is 0 Å². The van der Waals surface area contributed by atoms with Crippen LogP contribution in [0.3, 0.4) is 0 Å². The third-order valence-corrected chi connectivity index (χ3v) is 24.4. The second-order valence-electron chi connectivity index (χ2n) is 29.3. The van der Waals surface area contributed by atoms with Crippen LogP contribution in [0, 0.1) is 107 Å². The maximum atomic E-state index is 5.79. The van der Waals surface area contributed by atoms with E-state index in [1.165, 1.54) is 167 Å². The minimum absolute atomic E-state index is 0.701. The predicted octanol–water partition coefficient (Wildman–Crippen LogP) is 19.0. The van der Waals surface area contributed by atoms with Gasteiger partial charge in [-0.25, -0.2) is 0 Å². The molecule has 0 radical (unpaired) electrons. The van der Waals surface area contributed by atoms with E-state index in [2.05, 4.69) is 99.2 Å². The number of ether oxygens (including phenoxy) is 4. The fraction of sp³-hybridized carbons (Fsp3) is 0.737. The Labute approximate surface area is 488 Å². The van der Waals surface area contributed by atoms with Crippen LogP contribution in [0.15, 0.2) is 124 Å². The third kappa shape index (κ3) is 14.0. The van der Waals surface area contributed by atoms with Gasteiger partial charge in [0.1, 0.15) is 0 Å². The van der Waals surface area contributed by atoms with Gasteiger partial charge in [0.05, 0.1) is 48.8 Å². The van der Waals surface area contributed by atoms with Crippen molar-refractivity contribution in [3.8, 4) is 0 Å². The van der Waals surface area contributed by atoms with Crippen molar-refractivity contribution in [2.45, 2.75) is 241 Å². The van der Waals surface area contributed by atoms with Crippen LogP contribution in [-0.2, 0) is 18.9 Å². The van der Waals surface area contributed by atoms with E-state index in [9.17, 15) is 0 Å². The van der Waals surface area contributed by atoms with Crippen LogP contribution in [0.1, 0.15) is 193 Å². The van der Waals surface area contributed by atoms with Crippen LogP contribution in [0.2, 0.25) is 0 Å². The summed E-state index contributed by atoms with van der Waals surface area (Å²) < 4.78 is 23.0. The molecule has 4 nitrogen and oxygen atoms in total. The largest absolute Gasteiger partial charge is 0.369 e. The lowest BCUT2D eigenvalue weighted by molar-refractivity contribution is 0.238. The molecule has 438 valence electrons. The Morgan fingerprint density at radius 1 is 0.300 bits per heavy atom. The Bertz CT molecular complexity index is 2140. The fourth-order valence-corrected chi connectivity index (χ4v) is 20.4. The highest BCUT2D eigenvalue weighted by Gasteiger charge is 2.65. The summed E-state index contributed by atoms with van der Waals surface area (Å²) >= 11 is 0. The van der Waals surface area contributed by atoms with Crippen molar-refractivity contribution >= 4 is 0 Å². The molecule has 12 bridgehead atoms. The van der Waals surface area contributed by atoms with Gasteiger partial charge in [-0.15, -0.1) is 26.3 Å². The highest BCUT2D eigenvalue weighted by atomic mass is 16.6. The first-order chi connectivity index (χ1) is 39.5. The van der Waals surface area contributed by atoms with Crippen LogP contribution >= 0.6 is 0 Å². The Kier molecular flexibility index (Phi) is 19.8. The van der Waals surface area contributed by atoms with Crippen LogP contribution in [-0.4, -0.2) is 48.8 Å². The van der Waals surface area contributed by atoms with E-state index >= 15 is 0 Å². The Morgan fingerprint density at radius 2 is 0.600 bits per heavy atom. The number of rotatable bonds is 21. The van der Waals surface area contributed by atoms with Gasteiger partial charge in [0.2, 0.25) is 0 Å². The molecular weight excluding hydrogens is 977 g/mol. The first-order valence-electron chi connectivity index (χ1n) is 34.5. The molecular formula is C76H110O4. The molecule has 4 saturated heterocycles. The Morgan fingerprint density at radius 3 is 0.838 bits per heavy atom. The molecule has 4 heteroatoms. The van der Waals surface area contributed by atoms with E-state index in [1.807, 2.05) is 24.3 Å². The summed E-state index contributed by atoms with van der Waals surface area (Å²) in [5, 5.41) is 0. The topological polar surface area (TPSA) is 50.1 Å². The van der Waals surface area contributed by atoms with E-state index in [-0.39, 0.29) is 0 Å². The SMILES string of the molecule is C(CCC1CC2CC1C1OC21)CC1CC2CC1C1OC21.C1=CC2CC1CC2CCCCC1CC2CC1C1OC21.C1=CCC=C1.C1=CCC=C1.C=CCCC=C.C=CCCCC1CC2C=CC1C2.C=CCCCC1CC2CC1C1OC21. The number of hydrogen-bond donors (Lipinski definition) is 0. The third-order valence-electron chi connectivity index (χ3n) is 24.4. The molecule has 14 aliphatic carbocycles. The normalized spacial score (nSPS) is 45.8. The molecule has 18 aliphatic rings. The van der Waals surface area contributed by atoms with Crippen molar-refractivity contribution in [2.75, 3.05) is 0 Å². The van der Waals surface area contributed by atoms with Crippen molar-refractivity contribution in [1.82, 2.24) is 0 Å². The molecule has 0 aromatic carbocycles. The molecule has 0 amide bonds. The van der Waals surface area contributed by atoms with Crippen molar-refractivity contribution in [2.24, 2.45) is 107 Å². The number of unbranched alkanes of at least 4 members (excludes halogenated alkanes) is 5. The van der Waals surface area contributed by atoms with Crippen LogP contribution < -0.4 is 0 Å². The highest BCUT2D eigenvalue weighted by Crippen LogP contribution is 2.63. The lowest BCUT2D eigenvalue weighted by Crippen LogP contribution is -2.19. The first-order valence-corrected chi connectivity index (χ1v) is 34.5. The Hall–Kier alpha value is -2.76. The minimum Gasteiger partial charge on any atom is -0.369 e. The summed E-state index contributed by atoms with van der Waals surface area (Å²) in [6.45, 7) is 14.6. The Balaban J connectivity index is 0.0000000987. The van der Waals surface area contributed by atoms with Gasteiger partial charge in [-0.1, -0.05) is 142 Å². The second-order valence-corrected chi connectivity index (χ2v) is 29.3. The minimum atomic E-state index is 0.701. The summed E-state index contributed by atoms with van der Waals surface area (Å²) in [4.78, 5) is 0. The number of hydrogen-bond acceptors (Lipinski definition) is 4. The smallest absolute Gasteiger partial charge is 0.0875 e. The summed E-state index contributed by atoms with van der Waals surface area (Å²) in [6.07, 6.45) is 82.4. The maximum absolute atomic E-state index is 5.79. The molecule has 4 heterocycles. The van der Waals surface area contributed by atoms with E-state index in [4.69, 9.17) is 18.9 Å². The molecule has 26 unspecified atom stereocenters. The first kappa shape index (κ1) is 57.7. The van der Waals surface area contributed by atoms with Gasteiger partial charge in [0.25, 0.3) is 0 Å². The second kappa shape index (κ2) is 27.5. The molecule has 0 spiro atoms. The molecule has 14 fully saturated rings. The predicted molar refractivity (Wildman–Crippen MR) is 332 cm³/mol. The van der Waals surface area contributed by atoms with Crippen LogP contribution in [0.4, 0.5) is 0 Å². The zero-order valence-electron chi connectivity index (χ0n) is 49.9. The lowest BCUT2D eigenvalue weighted by atomic mass is 9.82.